The zero-order valence-electron chi connectivity index (χ0n) is 17.7. The molecular weight excluding hydrogens is 538 g/mol. The Hall–Kier alpha value is -3.30. The maximum atomic E-state index is 12.2. The van der Waals surface area contributed by atoms with Crippen LogP contribution in [0.3, 0.4) is 0 Å². The van der Waals surface area contributed by atoms with Gasteiger partial charge < -0.3 is 15.4 Å². The van der Waals surface area contributed by atoms with E-state index in [9.17, 15) is 14.4 Å². The molecule has 0 aliphatic rings. The number of hydrogen-bond acceptors (Lipinski definition) is 5. The molecule has 8 nitrogen and oxygen atoms in total. The highest BCUT2D eigenvalue weighted by atomic mass is 35.5. The van der Waals surface area contributed by atoms with Gasteiger partial charge in [-0.3, -0.25) is 14.4 Å². The van der Waals surface area contributed by atoms with Crippen LogP contribution in [0.2, 0.25) is 20.1 Å². The van der Waals surface area contributed by atoms with Crippen LogP contribution in [0, 0.1) is 0 Å². The molecule has 3 amide bonds. The predicted molar refractivity (Wildman–Crippen MR) is 138 cm³/mol. The van der Waals surface area contributed by atoms with Gasteiger partial charge in [0.15, 0.2) is 6.61 Å². The average Bonchev–Trinajstić information content (AvgIpc) is 2.84. The number of benzene rings is 3. The molecular formula is C23H16Cl4N4O4. The summed E-state index contributed by atoms with van der Waals surface area (Å²) in [6.07, 6.45) is 1.26. The highest BCUT2D eigenvalue weighted by Gasteiger charge is 2.15. The number of halogens is 4. The third kappa shape index (κ3) is 7.34. The summed E-state index contributed by atoms with van der Waals surface area (Å²) in [6.45, 7) is -0.331. The van der Waals surface area contributed by atoms with Gasteiger partial charge in [-0.25, -0.2) is 5.43 Å². The molecule has 0 radical (unpaired) electrons. The Labute approximate surface area is 220 Å². The zero-order valence-corrected chi connectivity index (χ0v) is 20.7. The first-order chi connectivity index (χ1) is 16.8. The number of nitrogens with zero attached hydrogens (tertiary/aromatic N) is 1. The lowest BCUT2D eigenvalue weighted by Gasteiger charge is -2.11. The van der Waals surface area contributed by atoms with E-state index in [1.807, 2.05) is 0 Å². The third-order valence-electron chi connectivity index (χ3n) is 4.28. The molecule has 3 aromatic rings. The number of para-hydroxylation sites is 1. The van der Waals surface area contributed by atoms with Crippen LogP contribution in [-0.2, 0) is 14.4 Å². The number of hydrogen-bond donors (Lipinski definition) is 3. The van der Waals surface area contributed by atoms with Crippen LogP contribution in [-0.4, -0.2) is 30.5 Å². The van der Waals surface area contributed by atoms with Gasteiger partial charge in [0.25, 0.3) is 5.91 Å². The summed E-state index contributed by atoms with van der Waals surface area (Å²) in [7, 11) is 0. The Morgan fingerprint density at radius 3 is 2.03 bits per heavy atom. The number of anilines is 2. The van der Waals surface area contributed by atoms with Gasteiger partial charge in [-0.15, -0.1) is 0 Å². The first-order valence-corrected chi connectivity index (χ1v) is 11.3. The lowest BCUT2D eigenvalue weighted by atomic mass is 10.2. The highest BCUT2D eigenvalue weighted by Crippen LogP contribution is 2.30. The van der Waals surface area contributed by atoms with Gasteiger partial charge in [-0.05, 0) is 36.4 Å². The Bertz CT molecular complexity index is 1300. The van der Waals surface area contributed by atoms with E-state index in [0.29, 0.717) is 22.0 Å². The fourth-order valence-corrected chi connectivity index (χ4v) is 3.33. The minimum Gasteiger partial charge on any atom is -0.483 e. The molecule has 0 aromatic heterocycles. The van der Waals surface area contributed by atoms with Crippen LogP contribution in [0.4, 0.5) is 11.4 Å². The van der Waals surface area contributed by atoms with E-state index < -0.39 is 17.7 Å². The number of carbonyl (C=O) groups is 3. The molecule has 0 bridgehead atoms. The second kappa shape index (κ2) is 12.4. The van der Waals surface area contributed by atoms with Crippen LogP contribution in [0.1, 0.15) is 5.56 Å². The summed E-state index contributed by atoms with van der Waals surface area (Å²) < 4.78 is 5.55. The van der Waals surface area contributed by atoms with Gasteiger partial charge in [0.2, 0.25) is 0 Å². The first kappa shape index (κ1) is 26.3. The van der Waals surface area contributed by atoms with Crippen LogP contribution < -0.4 is 20.8 Å². The average molecular weight is 554 g/mol. The van der Waals surface area contributed by atoms with E-state index in [1.165, 1.54) is 12.3 Å². The topological polar surface area (TPSA) is 109 Å². The second-order valence-corrected chi connectivity index (χ2v) is 8.30. The second-order valence-electron chi connectivity index (χ2n) is 6.73. The van der Waals surface area contributed by atoms with E-state index >= 15 is 0 Å². The highest BCUT2D eigenvalue weighted by molar-refractivity contribution is 6.46. The molecule has 0 saturated heterocycles. The molecule has 12 heteroatoms. The van der Waals surface area contributed by atoms with E-state index in [0.717, 1.165) is 0 Å². The Morgan fingerprint density at radius 1 is 0.771 bits per heavy atom. The van der Waals surface area contributed by atoms with Gasteiger partial charge in [0.05, 0.1) is 37.7 Å². The molecule has 3 N–H and O–H groups in total. The molecule has 0 saturated carbocycles. The van der Waals surface area contributed by atoms with Crippen molar-refractivity contribution < 1.29 is 19.1 Å². The van der Waals surface area contributed by atoms with E-state index in [-0.39, 0.29) is 27.4 Å². The number of carbonyl (C=O) groups excluding carboxylic acids is 3. The number of amides is 3. The van der Waals surface area contributed by atoms with Crippen molar-refractivity contribution in [3.63, 3.8) is 0 Å². The maximum absolute atomic E-state index is 12.2. The molecule has 0 spiro atoms. The monoisotopic (exact) mass is 552 g/mol. The first-order valence-electron chi connectivity index (χ1n) is 9.80. The van der Waals surface area contributed by atoms with Gasteiger partial charge >= 0.3 is 11.8 Å². The minimum absolute atomic E-state index is 0.103. The molecule has 0 heterocycles. The summed E-state index contributed by atoms with van der Waals surface area (Å²) in [4.78, 5) is 36.4. The minimum atomic E-state index is -1.03. The summed E-state index contributed by atoms with van der Waals surface area (Å²) >= 11 is 23.9. The summed E-state index contributed by atoms with van der Waals surface area (Å²) in [5.74, 6) is -2.18. The Morgan fingerprint density at radius 2 is 1.37 bits per heavy atom. The zero-order chi connectivity index (χ0) is 25.4. The molecule has 35 heavy (non-hydrogen) atoms. The lowest BCUT2D eigenvalue weighted by Crippen LogP contribution is -2.32. The van der Waals surface area contributed by atoms with Crippen molar-refractivity contribution in [2.24, 2.45) is 5.10 Å². The summed E-state index contributed by atoms with van der Waals surface area (Å²) in [5.41, 5.74) is 3.08. The third-order valence-corrected chi connectivity index (χ3v) is 5.92. The predicted octanol–water partition coefficient (Wildman–Crippen LogP) is 5.41. The molecule has 0 aliphatic heterocycles. The van der Waals surface area contributed by atoms with E-state index in [4.69, 9.17) is 51.1 Å². The van der Waals surface area contributed by atoms with Gasteiger partial charge in [-0.2, -0.15) is 5.10 Å². The van der Waals surface area contributed by atoms with Crippen LogP contribution >= 0.6 is 46.4 Å². The molecule has 0 fully saturated rings. The summed E-state index contributed by atoms with van der Waals surface area (Å²) in [5, 5.41) is 9.56. The number of ether oxygens (including phenoxy) is 1. The summed E-state index contributed by atoms with van der Waals surface area (Å²) in [6, 6.07) is 16.1. The van der Waals surface area contributed by atoms with E-state index in [2.05, 4.69) is 21.2 Å². The van der Waals surface area contributed by atoms with Crippen molar-refractivity contribution in [2.45, 2.75) is 0 Å². The van der Waals surface area contributed by atoms with Crippen molar-refractivity contribution in [2.75, 3.05) is 17.2 Å². The smallest absolute Gasteiger partial charge is 0.329 e. The number of rotatable bonds is 7. The lowest BCUT2D eigenvalue weighted by molar-refractivity contribution is -0.136. The number of nitrogens with one attached hydrogen (secondary N) is 3. The normalized spacial score (nSPS) is 10.6. The molecule has 180 valence electrons. The molecule has 3 rings (SSSR count). The van der Waals surface area contributed by atoms with Crippen LogP contribution in [0.15, 0.2) is 65.8 Å². The largest absolute Gasteiger partial charge is 0.483 e. The van der Waals surface area contributed by atoms with Crippen molar-refractivity contribution in [3.8, 4) is 5.75 Å². The maximum Gasteiger partial charge on any atom is 0.329 e. The van der Waals surface area contributed by atoms with E-state index in [1.54, 1.807) is 54.6 Å². The van der Waals surface area contributed by atoms with Crippen LogP contribution in [0.5, 0.6) is 5.75 Å². The fraction of sp³-hybridized carbons (Fsp3) is 0.0435. The molecule has 0 aliphatic carbocycles. The standard InChI is InChI=1S/C23H16Cl4N4O4/c24-14-6-3-8-16(20(14)26)29-19(32)12-35-18-10-2-1-5-13(18)11-28-31-23(34)22(33)30-17-9-4-7-15(25)21(17)27/h1-11H,12H2,(H,29,32)(H,30,33)(H,31,34)/b28-11-. The molecule has 3 aromatic carbocycles. The van der Waals surface area contributed by atoms with Crippen molar-refractivity contribution in [1.82, 2.24) is 5.43 Å². The van der Waals surface area contributed by atoms with Crippen molar-refractivity contribution in [3.05, 3.63) is 86.3 Å². The Kier molecular flexibility index (Phi) is 9.33. The number of hydrazone groups is 1. The van der Waals surface area contributed by atoms with Crippen molar-refractivity contribution >= 4 is 81.7 Å². The molecule has 0 unspecified atom stereocenters. The van der Waals surface area contributed by atoms with Gasteiger partial charge in [0, 0.05) is 5.56 Å². The van der Waals surface area contributed by atoms with Crippen molar-refractivity contribution in [1.29, 1.82) is 0 Å². The fourth-order valence-electron chi connectivity index (χ4n) is 2.64. The Balaban J connectivity index is 1.56. The molecule has 0 atom stereocenters. The SMILES string of the molecule is O=C(COc1ccccc1/C=N\NC(=O)C(=O)Nc1cccc(Cl)c1Cl)Nc1cccc(Cl)c1Cl. The van der Waals surface area contributed by atoms with Gasteiger partial charge in [-0.1, -0.05) is 70.7 Å². The van der Waals surface area contributed by atoms with Gasteiger partial charge in [0.1, 0.15) is 5.75 Å². The quantitative estimate of drug-likeness (QED) is 0.206. The van der Waals surface area contributed by atoms with Crippen LogP contribution in [0.25, 0.3) is 0 Å².